The molecule has 0 amide bonds. The van der Waals surface area contributed by atoms with Crippen LogP contribution >= 0.6 is 0 Å². The van der Waals surface area contributed by atoms with Crippen molar-refractivity contribution in [2.45, 2.75) is 10.8 Å². The van der Waals surface area contributed by atoms with Gasteiger partial charge in [-0.3, -0.25) is 0 Å². The SMILES string of the molecule is CS(=O)(=O)c1ccc(C(F)(F)CN)cc1. The summed E-state index contributed by atoms with van der Waals surface area (Å²) in [6.45, 7) is -0.800. The molecule has 1 rings (SSSR count). The number of halogens is 2. The molecular weight excluding hydrogens is 224 g/mol. The van der Waals surface area contributed by atoms with Crippen molar-refractivity contribution >= 4 is 9.84 Å². The number of hydrogen-bond acceptors (Lipinski definition) is 3. The topological polar surface area (TPSA) is 60.2 Å². The summed E-state index contributed by atoms with van der Waals surface area (Å²) in [4.78, 5) is 0.0130. The predicted molar refractivity (Wildman–Crippen MR) is 52.5 cm³/mol. The zero-order chi connectivity index (χ0) is 11.7. The number of nitrogens with two attached hydrogens (primary N) is 1. The van der Waals surface area contributed by atoms with Crippen molar-refractivity contribution in [3.8, 4) is 0 Å². The molecule has 0 radical (unpaired) electrons. The first-order chi connectivity index (χ1) is 6.77. The summed E-state index contributed by atoms with van der Waals surface area (Å²) in [6.07, 6.45) is 1.02. The Bertz CT molecular complexity index is 440. The maximum Gasteiger partial charge on any atom is 0.285 e. The van der Waals surface area contributed by atoms with E-state index in [9.17, 15) is 17.2 Å². The molecule has 6 heteroatoms. The van der Waals surface area contributed by atoms with Gasteiger partial charge in [-0.1, -0.05) is 12.1 Å². The van der Waals surface area contributed by atoms with E-state index in [1.54, 1.807) is 0 Å². The minimum absolute atomic E-state index is 0.0130. The second-order valence-electron chi connectivity index (χ2n) is 3.21. The molecule has 0 fully saturated rings. The summed E-state index contributed by atoms with van der Waals surface area (Å²) >= 11 is 0. The van der Waals surface area contributed by atoms with Gasteiger partial charge in [0.15, 0.2) is 9.84 Å². The molecule has 0 spiro atoms. The molecule has 15 heavy (non-hydrogen) atoms. The van der Waals surface area contributed by atoms with Crippen LogP contribution in [0.5, 0.6) is 0 Å². The lowest BCUT2D eigenvalue weighted by Gasteiger charge is -2.14. The van der Waals surface area contributed by atoms with Crippen molar-refractivity contribution in [3.05, 3.63) is 29.8 Å². The van der Waals surface area contributed by atoms with Crippen molar-refractivity contribution in [1.29, 1.82) is 0 Å². The Hall–Kier alpha value is -1.01. The fourth-order valence-corrected chi connectivity index (χ4v) is 1.69. The van der Waals surface area contributed by atoms with Crippen LogP contribution < -0.4 is 5.73 Å². The fourth-order valence-electron chi connectivity index (χ4n) is 1.06. The van der Waals surface area contributed by atoms with Gasteiger partial charge in [0.1, 0.15) is 0 Å². The third-order valence-electron chi connectivity index (χ3n) is 1.96. The largest absolute Gasteiger partial charge is 0.325 e. The number of rotatable bonds is 3. The third-order valence-corrected chi connectivity index (χ3v) is 3.09. The van der Waals surface area contributed by atoms with Crippen molar-refractivity contribution < 1.29 is 17.2 Å². The van der Waals surface area contributed by atoms with Gasteiger partial charge < -0.3 is 5.73 Å². The molecule has 2 N–H and O–H groups in total. The van der Waals surface area contributed by atoms with Gasteiger partial charge in [-0.05, 0) is 12.1 Å². The Morgan fingerprint density at radius 2 is 1.73 bits per heavy atom. The Labute approximate surface area is 86.8 Å². The van der Waals surface area contributed by atoms with Gasteiger partial charge in [-0.25, -0.2) is 8.42 Å². The van der Waals surface area contributed by atoms with Crippen molar-refractivity contribution in [1.82, 2.24) is 0 Å². The highest BCUT2D eigenvalue weighted by Crippen LogP contribution is 2.27. The average Bonchev–Trinajstić information content (AvgIpc) is 2.17. The van der Waals surface area contributed by atoms with Crippen molar-refractivity contribution in [2.75, 3.05) is 12.8 Å². The van der Waals surface area contributed by atoms with Crippen LogP contribution in [0, 0.1) is 0 Å². The zero-order valence-corrected chi connectivity index (χ0v) is 8.89. The molecule has 0 heterocycles. The molecule has 84 valence electrons. The molecule has 3 nitrogen and oxygen atoms in total. The highest BCUT2D eigenvalue weighted by molar-refractivity contribution is 7.90. The van der Waals surface area contributed by atoms with Crippen LogP contribution in [-0.2, 0) is 15.8 Å². The first-order valence-electron chi connectivity index (χ1n) is 4.16. The maximum atomic E-state index is 13.0. The molecule has 0 aliphatic heterocycles. The average molecular weight is 235 g/mol. The molecule has 0 atom stereocenters. The molecule has 0 bridgehead atoms. The van der Waals surface area contributed by atoms with Gasteiger partial charge >= 0.3 is 0 Å². The van der Waals surface area contributed by atoms with Gasteiger partial charge in [-0.2, -0.15) is 8.78 Å². The van der Waals surface area contributed by atoms with E-state index >= 15 is 0 Å². The van der Waals surface area contributed by atoms with E-state index in [2.05, 4.69) is 0 Å². The molecule has 1 aromatic rings. The quantitative estimate of drug-likeness (QED) is 0.854. The summed E-state index contributed by atoms with van der Waals surface area (Å²) in [5.74, 6) is -3.12. The van der Waals surface area contributed by atoms with Gasteiger partial charge in [0, 0.05) is 11.8 Å². The number of hydrogen-bond donors (Lipinski definition) is 1. The molecule has 0 unspecified atom stereocenters. The minimum Gasteiger partial charge on any atom is -0.325 e. The van der Waals surface area contributed by atoms with Crippen molar-refractivity contribution in [3.63, 3.8) is 0 Å². The highest BCUT2D eigenvalue weighted by atomic mass is 32.2. The monoisotopic (exact) mass is 235 g/mol. The second kappa shape index (κ2) is 3.86. The summed E-state index contributed by atoms with van der Waals surface area (Å²) in [7, 11) is -3.35. The lowest BCUT2D eigenvalue weighted by atomic mass is 10.1. The highest BCUT2D eigenvalue weighted by Gasteiger charge is 2.29. The normalized spacial score (nSPS) is 12.8. The van der Waals surface area contributed by atoms with E-state index in [0.717, 1.165) is 30.5 Å². The van der Waals surface area contributed by atoms with Crippen molar-refractivity contribution in [2.24, 2.45) is 5.73 Å². The summed E-state index contributed by atoms with van der Waals surface area (Å²) in [6, 6.07) is 4.44. The van der Waals surface area contributed by atoms with E-state index < -0.39 is 22.3 Å². The molecule has 0 aliphatic rings. The van der Waals surface area contributed by atoms with Crippen LogP contribution in [0.3, 0.4) is 0 Å². The van der Waals surface area contributed by atoms with Crippen LogP contribution in [0.2, 0.25) is 0 Å². The maximum absolute atomic E-state index is 13.0. The van der Waals surface area contributed by atoms with Gasteiger partial charge in [0.25, 0.3) is 5.92 Å². The summed E-state index contributed by atoms with van der Waals surface area (Å²) in [5.41, 5.74) is 4.61. The van der Waals surface area contributed by atoms with Crippen LogP contribution in [0.15, 0.2) is 29.2 Å². The Morgan fingerprint density at radius 1 is 1.27 bits per heavy atom. The van der Waals surface area contributed by atoms with Gasteiger partial charge in [0.2, 0.25) is 0 Å². The Balaban J connectivity index is 3.12. The molecule has 0 saturated heterocycles. The first-order valence-corrected chi connectivity index (χ1v) is 6.05. The lowest BCUT2D eigenvalue weighted by Crippen LogP contribution is -2.25. The second-order valence-corrected chi connectivity index (χ2v) is 5.22. The van der Waals surface area contributed by atoms with Crippen LogP contribution in [-0.4, -0.2) is 21.2 Å². The Morgan fingerprint density at radius 3 is 2.07 bits per heavy atom. The Kier molecular flexibility index (Phi) is 3.11. The molecule has 0 aromatic heterocycles. The standard InChI is InChI=1S/C9H11F2NO2S/c1-15(13,14)8-4-2-7(3-5-8)9(10,11)6-12/h2-5H,6,12H2,1H3. The van der Waals surface area contributed by atoms with E-state index in [4.69, 9.17) is 5.73 Å². The van der Waals surface area contributed by atoms with Gasteiger partial charge in [-0.15, -0.1) is 0 Å². The zero-order valence-electron chi connectivity index (χ0n) is 8.07. The number of alkyl halides is 2. The number of sulfone groups is 1. The predicted octanol–water partition coefficient (Wildman–Crippen LogP) is 1.14. The minimum atomic E-state index is -3.35. The van der Waals surface area contributed by atoms with Crippen LogP contribution in [0.25, 0.3) is 0 Å². The third kappa shape index (κ3) is 2.73. The summed E-state index contributed by atoms with van der Waals surface area (Å²) in [5, 5.41) is 0. The smallest absolute Gasteiger partial charge is 0.285 e. The molecular formula is C9H11F2NO2S. The fraction of sp³-hybridized carbons (Fsp3) is 0.333. The molecule has 0 saturated carbocycles. The van der Waals surface area contributed by atoms with E-state index in [0.29, 0.717) is 0 Å². The summed E-state index contributed by atoms with van der Waals surface area (Å²) < 4.78 is 48.2. The van der Waals surface area contributed by atoms with Crippen LogP contribution in [0.1, 0.15) is 5.56 Å². The van der Waals surface area contributed by atoms with E-state index in [1.807, 2.05) is 0 Å². The molecule has 1 aromatic carbocycles. The molecule has 0 aliphatic carbocycles. The lowest BCUT2D eigenvalue weighted by molar-refractivity contribution is 0.00589. The van der Waals surface area contributed by atoms with Gasteiger partial charge in [0.05, 0.1) is 11.4 Å². The van der Waals surface area contributed by atoms with E-state index in [1.165, 1.54) is 0 Å². The van der Waals surface area contributed by atoms with E-state index in [-0.39, 0.29) is 10.5 Å². The first kappa shape index (κ1) is 12.1. The van der Waals surface area contributed by atoms with Crippen LogP contribution in [0.4, 0.5) is 8.78 Å². The number of benzene rings is 1.